The van der Waals surface area contributed by atoms with Crippen LogP contribution in [0.5, 0.6) is 0 Å². The van der Waals surface area contributed by atoms with Gasteiger partial charge in [-0.1, -0.05) is 26.3 Å². The van der Waals surface area contributed by atoms with E-state index in [1.807, 2.05) is 24.3 Å². The van der Waals surface area contributed by atoms with Crippen molar-refractivity contribution in [1.29, 1.82) is 5.41 Å². The highest BCUT2D eigenvalue weighted by molar-refractivity contribution is 5.71. The Morgan fingerprint density at radius 3 is 1.12 bits per heavy atom. The summed E-state index contributed by atoms with van der Waals surface area (Å²) in [5.74, 6) is -0.333. The van der Waals surface area contributed by atoms with Crippen molar-refractivity contribution in [3.63, 3.8) is 0 Å². The molecular formula is C13H25N4+. The van der Waals surface area contributed by atoms with Crippen LogP contribution >= 0.6 is 0 Å². The molecule has 0 amide bonds. The van der Waals surface area contributed by atoms with Crippen LogP contribution in [0.3, 0.4) is 0 Å². The van der Waals surface area contributed by atoms with Crippen molar-refractivity contribution in [3.8, 4) is 0 Å². The average Bonchev–Trinajstić information content (AvgIpc) is 2.18. The third kappa shape index (κ3) is 10.5. The molecule has 0 unspecified atom stereocenters. The van der Waals surface area contributed by atoms with Crippen molar-refractivity contribution in [2.45, 2.75) is 0 Å². The topological polar surface area (TPSA) is 75.9 Å². The van der Waals surface area contributed by atoms with E-state index in [9.17, 15) is 0 Å². The molecule has 96 valence electrons. The second-order valence-electron chi connectivity index (χ2n) is 3.68. The second kappa shape index (κ2) is 10.7. The number of nitrogens with one attached hydrogen (secondary N) is 1. The van der Waals surface area contributed by atoms with Gasteiger partial charge in [0.1, 0.15) is 0 Å². The highest BCUT2D eigenvalue weighted by Crippen LogP contribution is 2.07. The van der Waals surface area contributed by atoms with E-state index in [1.54, 1.807) is 0 Å². The number of nitrogens with zero attached hydrogens (tertiary/aromatic N) is 1. The van der Waals surface area contributed by atoms with Crippen molar-refractivity contribution in [2.75, 3.05) is 26.2 Å². The van der Waals surface area contributed by atoms with Crippen LogP contribution in [0.25, 0.3) is 0 Å². The van der Waals surface area contributed by atoms with Gasteiger partial charge in [-0.3, -0.25) is 5.41 Å². The number of nitrogens with two attached hydrogens (primary N) is 2. The predicted octanol–water partition coefficient (Wildman–Crippen LogP) is 1.39. The highest BCUT2D eigenvalue weighted by Gasteiger charge is 2.20. The van der Waals surface area contributed by atoms with Crippen LogP contribution in [0.15, 0.2) is 50.6 Å². The van der Waals surface area contributed by atoms with Gasteiger partial charge in [-0.05, 0) is 24.3 Å². The molecule has 4 heteroatoms. The first-order valence-electron chi connectivity index (χ1n) is 5.36. The number of hydrogen-bond acceptors (Lipinski definition) is 1. The first-order chi connectivity index (χ1) is 7.97. The third-order valence-electron chi connectivity index (χ3n) is 2.07. The van der Waals surface area contributed by atoms with Gasteiger partial charge in [0.15, 0.2) is 5.96 Å². The minimum atomic E-state index is -0.333. The number of rotatable bonds is 8. The van der Waals surface area contributed by atoms with Gasteiger partial charge in [-0.25, -0.2) is 0 Å². The van der Waals surface area contributed by atoms with E-state index >= 15 is 0 Å². The molecule has 0 fully saturated rings. The fraction of sp³-hybridized carbons (Fsp3) is 0.308. The molecule has 0 bridgehead atoms. The standard InChI is InChI=1S/C12H20N.CH5N3/c1-5-9-13(10-6-2,11-7-3)12-8-4;2-1(3)4/h5-8H,1-4,9-12H2;(H5,2,3,4)/q+1;. The second-order valence-corrected chi connectivity index (χ2v) is 3.68. The molecule has 17 heavy (non-hydrogen) atoms. The normalized spacial score (nSPS) is 9.41. The van der Waals surface area contributed by atoms with E-state index in [0.29, 0.717) is 0 Å². The largest absolute Gasteiger partial charge is 0.370 e. The Hall–Kier alpha value is -1.81. The molecule has 0 aromatic carbocycles. The Labute approximate surface area is 105 Å². The van der Waals surface area contributed by atoms with Crippen LogP contribution in [0.4, 0.5) is 0 Å². The van der Waals surface area contributed by atoms with Gasteiger partial charge in [0, 0.05) is 0 Å². The van der Waals surface area contributed by atoms with E-state index in [-0.39, 0.29) is 5.96 Å². The van der Waals surface area contributed by atoms with E-state index in [1.165, 1.54) is 0 Å². The zero-order chi connectivity index (χ0) is 13.7. The molecular weight excluding hydrogens is 212 g/mol. The van der Waals surface area contributed by atoms with E-state index in [2.05, 4.69) is 37.8 Å². The molecule has 0 heterocycles. The Morgan fingerprint density at radius 1 is 0.824 bits per heavy atom. The summed E-state index contributed by atoms with van der Waals surface area (Å²) in [7, 11) is 0. The van der Waals surface area contributed by atoms with Crippen LogP contribution in [0.1, 0.15) is 0 Å². The summed E-state index contributed by atoms with van der Waals surface area (Å²) in [5.41, 5.74) is 8.94. The van der Waals surface area contributed by atoms with Gasteiger partial charge in [-0.15, -0.1) is 0 Å². The fourth-order valence-electron chi connectivity index (χ4n) is 1.54. The van der Waals surface area contributed by atoms with Gasteiger partial charge in [0.25, 0.3) is 0 Å². The molecule has 0 rings (SSSR count). The summed E-state index contributed by atoms with van der Waals surface area (Å²) in [6.45, 7) is 18.8. The Bertz CT molecular complexity index is 219. The summed E-state index contributed by atoms with van der Waals surface area (Å²) in [5, 5.41) is 6.06. The van der Waals surface area contributed by atoms with Gasteiger partial charge < -0.3 is 16.0 Å². The molecule has 0 saturated carbocycles. The molecule has 0 aliphatic rings. The van der Waals surface area contributed by atoms with Crippen molar-refractivity contribution in [3.05, 3.63) is 50.6 Å². The van der Waals surface area contributed by atoms with E-state index in [4.69, 9.17) is 5.41 Å². The Balaban J connectivity index is 0. The molecule has 0 aliphatic heterocycles. The fourth-order valence-corrected chi connectivity index (χ4v) is 1.54. The molecule has 0 aromatic heterocycles. The monoisotopic (exact) mass is 237 g/mol. The SMILES string of the molecule is C=CC[N+](CC=C)(CC=C)CC=C.N=C(N)N. The minimum absolute atomic E-state index is 0.333. The number of guanidine groups is 1. The maximum absolute atomic E-state index is 6.06. The molecule has 0 aliphatic carbocycles. The molecule has 0 aromatic rings. The maximum Gasteiger partial charge on any atom is 0.183 e. The molecule has 5 N–H and O–H groups in total. The van der Waals surface area contributed by atoms with Gasteiger partial charge in [0.2, 0.25) is 0 Å². The summed E-state index contributed by atoms with van der Waals surface area (Å²) >= 11 is 0. The summed E-state index contributed by atoms with van der Waals surface area (Å²) in [6, 6.07) is 0. The Kier molecular flexibility index (Phi) is 11.1. The number of quaternary nitrogens is 1. The number of hydrogen-bond donors (Lipinski definition) is 3. The zero-order valence-electron chi connectivity index (χ0n) is 10.6. The van der Waals surface area contributed by atoms with Crippen LogP contribution in [-0.2, 0) is 0 Å². The lowest BCUT2D eigenvalue weighted by Gasteiger charge is -2.35. The molecule has 0 radical (unpaired) electrons. The van der Waals surface area contributed by atoms with Crippen LogP contribution in [0, 0.1) is 5.41 Å². The molecule has 4 nitrogen and oxygen atoms in total. The first-order valence-corrected chi connectivity index (χ1v) is 5.36. The summed E-state index contributed by atoms with van der Waals surface area (Å²) in [6.07, 6.45) is 7.76. The summed E-state index contributed by atoms with van der Waals surface area (Å²) in [4.78, 5) is 0. The highest BCUT2D eigenvalue weighted by atomic mass is 15.3. The Morgan fingerprint density at radius 2 is 1.00 bits per heavy atom. The van der Waals surface area contributed by atoms with Gasteiger partial charge >= 0.3 is 0 Å². The summed E-state index contributed by atoms with van der Waals surface area (Å²) < 4.78 is 0.903. The lowest BCUT2D eigenvalue weighted by molar-refractivity contribution is -0.906. The first kappa shape index (κ1) is 17.6. The molecule has 0 spiro atoms. The van der Waals surface area contributed by atoms with Crippen LogP contribution < -0.4 is 11.5 Å². The average molecular weight is 237 g/mol. The predicted molar refractivity (Wildman–Crippen MR) is 76.6 cm³/mol. The van der Waals surface area contributed by atoms with Gasteiger partial charge in [-0.2, -0.15) is 0 Å². The van der Waals surface area contributed by atoms with Gasteiger partial charge in [0.05, 0.1) is 26.2 Å². The lowest BCUT2D eigenvalue weighted by Crippen LogP contribution is -2.48. The molecule has 0 atom stereocenters. The van der Waals surface area contributed by atoms with Crippen molar-refractivity contribution in [1.82, 2.24) is 0 Å². The zero-order valence-corrected chi connectivity index (χ0v) is 10.6. The van der Waals surface area contributed by atoms with Crippen molar-refractivity contribution in [2.24, 2.45) is 11.5 Å². The smallest absolute Gasteiger partial charge is 0.183 e. The minimum Gasteiger partial charge on any atom is -0.370 e. The molecule has 0 saturated heterocycles. The maximum atomic E-state index is 6.06. The lowest BCUT2D eigenvalue weighted by atomic mass is 10.3. The van der Waals surface area contributed by atoms with E-state index < -0.39 is 0 Å². The third-order valence-corrected chi connectivity index (χ3v) is 2.07. The van der Waals surface area contributed by atoms with Crippen molar-refractivity contribution < 1.29 is 4.48 Å². The van der Waals surface area contributed by atoms with Crippen LogP contribution in [-0.4, -0.2) is 36.6 Å². The van der Waals surface area contributed by atoms with Crippen molar-refractivity contribution >= 4 is 5.96 Å². The quantitative estimate of drug-likeness (QED) is 0.258. The van der Waals surface area contributed by atoms with E-state index in [0.717, 1.165) is 30.7 Å². The van der Waals surface area contributed by atoms with Crippen LogP contribution in [0.2, 0.25) is 0 Å².